The first kappa shape index (κ1) is 16.3. The van der Waals surface area contributed by atoms with Crippen molar-refractivity contribution in [3.8, 4) is 28.4 Å². The van der Waals surface area contributed by atoms with Gasteiger partial charge < -0.3 is 9.52 Å². The fourth-order valence-corrected chi connectivity index (χ4v) is 3.32. The summed E-state index contributed by atoms with van der Waals surface area (Å²) in [6.07, 6.45) is 3.85. The van der Waals surface area contributed by atoms with Crippen LogP contribution in [0.3, 0.4) is 0 Å². The molecule has 5 nitrogen and oxygen atoms in total. The second-order valence-corrected chi connectivity index (χ2v) is 6.54. The Labute approximate surface area is 161 Å². The zero-order chi connectivity index (χ0) is 18.9. The van der Waals surface area contributed by atoms with Crippen LogP contribution in [0.1, 0.15) is 11.5 Å². The number of hydrogen-bond donors (Lipinski definition) is 1. The fraction of sp³-hybridized carbons (Fsp3) is 0.0435. The zero-order valence-corrected chi connectivity index (χ0v) is 15.0. The first-order chi connectivity index (χ1) is 13.8. The van der Waals surface area contributed by atoms with Crippen molar-refractivity contribution < 1.29 is 9.52 Å². The second-order valence-electron chi connectivity index (χ2n) is 6.54. The van der Waals surface area contributed by atoms with Crippen LogP contribution in [0, 0.1) is 0 Å². The molecule has 0 atom stereocenters. The Hall–Kier alpha value is -3.86. The number of fused-ring (bicyclic) bond motifs is 1. The molecule has 5 rings (SSSR count). The summed E-state index contributed by atoms with van der Waals surface area (Å²) in [6.45, 7) is 0. The topological polar surface area (TPSA) is 63.6 Å². The lowest BCUT2D eigenvalue weighted by atomic mass is 10.1. The van der Waals surface area contributed by atoms with Crippen molar-refractivity contribution >= 4 is 5.65 Å². The van der Waals surface area contributed by atoms with E-state index in [1.165, 1.54) is 0 Å². The van der Waals surface area contributed by atoms with Crippen molar-refractivity contribution in [2.45, 2.75) is 6.42 Å². The van der Waals surface area contributed by atoms with Crippen LogP contribution < -0.4 is 0 Å². The Bertz CT molecular complexity index is 1230. The number of benzene rings is 2. The van der Waals surface area contributed by atoms with Crippen LogP contribution in [0.2, 0.25) is 0 Å². The molecule has 0 aliphatic carbocycles. The van der Waals surface area contributed by atoms with E-state index >= 15 is 0 Å². The van der Waals surface area contributed by atoms with Crippen LogP contribution in [0.4, 0.5) is 0 Å². The minimum Gasteiger partial charge on any atom is -0.493 e. The molecule has 1 N–H and O–H groups in total. The van der Waals surface area contributed by atoms with Gasteiger partial charge in [0, 0.05) is 17.3 Å². The molecule has 0 amide bonds. The molecule has 5 aromatic rings. The molecular formula is C23H17N3O2. The van der Waals surface area contributed by atoms with Gasteiger partial charge in [-0.25, -0.2) is 9.97 Å². The maximum Gasteiger partial charge on any atom is 0.219 e. The summed E-state index contributed by atoms with van der Waals surface area (Å²) < 4.78 is 7.12. The zero-order valence-electron chi connectivity index (χ0n) is 15.0. The summed E-state index contributed by atoms with van der Waals surface area (Å²) in [5.41, 5.74) is 4.58. The minimum atomic E-state index is 0.100. The van der Waals surface area contributed by atoms with Crippen molar-refractivity contribution in [2.75, 3.05) is 0 Å². The summed E-state index contributed by atoms with van der Waals surface area (Å²) >= 11 is 0. The van der Waals surface area contributed by atoms with Gasteiger partial charge in [0.2, 0.25) is 5.88 Å². The van der Waals surface area contributed by atoms with Crippen molar-refractivity contribution in [1.82, 2.24) is 14.4 Å². The SMILES string of the molecule is Oc1c(Cc2ccco2)nc2c(-c3ccccc3)nc(-c3ccccc3)cn12. The third-order valence-corrected chi connectivity index (χ3v) is 4.69. The lowest BCUT2D eigenvalue weighted by Gasteiger charge is -2.08. The van der Waals surface area contributed by atoms with Gasteiger partial charge in [0.05, 0.1) is 18.4 Å². The molecule has 0 radical (unpaired) electrons. The number of nitrogens with zero attached hydrogens (tertiary/aromatic N) is 3. The number of aromatic hydroxyl groups is 1. The van der Waals surface area contributed by atoms with Gasteiger partial charge in [0.15, 0.2) is 5.65 Å². The van der Waals surface area contributed by atoms with E-state index in [0.717, 1.165) is 28.3 Å². The molecule has 136 valence electrons. The molecule has 28 heavy (non-hydrogen) atoms. The minimum absolute atomic E-state index is 0.100. The average molecular weight is 367 g/mol. The largest absolute Gasteiger partial charge is 0.493 e. The molecule has 5 heteroatoms. The lowest BCUT2D eigenvalue weighted by Crippen LogP contribution is -1.96. The first-order valence-electron chi connectivity index (χ1n) is 9.04. The average Bonchev–Trinajstić information content (AvgIpc) is 3.37. The summed E-state index contributed by atoms with van der Waals surface area (Å²) in [4.78, 5) is 9.56. The molecule has 0 aliphatic rings. The van der Waals surface area contributed by atoms with Gasteiger partial charge in [-0.05, 0) is 12.1 Å². The molecule has 0 bridgehead atoms. The van der Waals surface area contributed by atoms with Gasteiger partial charge in [-0.1, -0.05) is 60.7 Å². The molecule has 3 aromatic heterocycles. The van der Waals surface area contributed by atoms with Crippen molar-refractivity contribution in [1.29, 1.82) is 0 Å². The second kappa shape index (κ2) is 6.70. The molecule has 0 saturated heterocycles. The van der Waals surface area contributed by atoms with Crippen LogP contribution in [0.15, 0.2) is 89.7 Å². The van der Waals surface area contributed by atoms with E-state index in [2.05, 4.69) is 4.98 Å². The predicted octanol–water partition coefficient (Wildman–Crippen LogP) is 4.95. The highest BCUT2D eigenvalue weighted by atomic mass is 16.3. The van der Waals surface area contributed by atoms with Gasteiger partial charge in [-0.15, -0.1) is 0 Å². The van der Waals surface area contributed by atoms with Gasteiger partial charge in [0.25, 0.3) is 0 Å². The Morgan fingerprint density at radius 3 is 2.21 bits per heavy atom. The van der Waals surface area contributed by atoms with Crippen molar-refractivity contribution in [3.63, 3.8) is 0 Å². The summed E-state index contributed by atoms with van der Waals surface area (Å²) in [5.74, 6) is 0.847. The van der Waals surface area contributed by atoms with E-state index in [4.69, 9.17) is 9.40 Å². The van der Waals surface area contributed by atoms with Crippen LogP contribution >= 0.6 is 0 Å². The molecule has 0 saturated carbocycles. The highest BCUT2D eigenvalue weighted by molar-refractivity contribution is 5.77. The van der Waals surface area contributed by atoms with Crippen LogP contribution in [-0.4, -0.2) is 19.5 Å². The molecular weight excluding hydrogens is 350 g/mol. The number of aromatic nitrogens is 3. The highest BCUT2D eigenvalue weighted by Crippen LogP contribution is 2.31. The molecule has 3 heterocycles. The van der Waals surface area contributed by atoms with E-state index in [1.807, 2.05) is 79.0 Å². The predicted molar refractivity (Wildman–Crippen MR) is 107 cm³/mol. The first-order valence-corrected chi connectivity index (χ1v) is 9.04. The summed E-state index contributed by atoms with van der Waals surface area (Å²) in [7, 11) is 0. The summed E-state index contributed by atoms with van der Waals surface area (Å²) in [5, 5.41) is 10.9. The highest BCUT2D eigenvalue weighted by Gasteiger charge is 2.19. The molecule has 0 fully saturated rings. The van der Waals surface area contributed by atoms with E-state index in [9.17, 15) is 5.11 Å². The Morgan fingerprint density at radius 2 is 1.54 bits per heavy atom. The quantitative estimate of drug-likeness (QED) is 0.488. The normalized spacial score (nSPS) is 11.1. The monoisotopic (exact) mass is 367 g/mol. The number of rotatable bonds is 4. The van der Waals surface area contributed by atoms with Gasteiger partial charge in [-0.3, -0.25) is 4.40 Å². The third-order valence-electron chi connectivity index (χ3n) is 4.69. The number of furan rings is 1. The van der Waals surface area contributed by atoms with E-state index in [-0.39, 0.29) is 5.88 Å². The Balaban J connectivity index is 1.75. The van der Waals surface area contributed by atoms with Crippen molar-refractivity contribution in [3.05, 3.63) is 96.7 Å². The molecule has 0 unspecified atom stereocenters. The Morgan fingerprint density at radius 1 is 0.821 bits per heavy atom. The van der Waals surface area contributed by atoms with E-state index < -0.39 is 0 Å². The Kier molecular flexibility index (Phi) is 3.91. The number of hydrogen-bond acceptors (Lipinski definition) is 4. The van der Waals surface area contributed by atoms with Crippen LogP contribution in [-0.2, 0) is 6.42 Å². The molecule has 0 spiro atoms. The third kappa shape index (κ3) is 2.83. The summed E-state index contributed by atoms with van der Waals surface area (Å²) in [6, 6.07) is 23.5. The lowest BCUT2D eigenvalue weighted by molar-refractivity contribution is 0.438. The van der Waals surface area contributed by atoms with Gasteiger partial charge in [0.1, 0.15) is 17.1 Å². The van der Waals surface area contributed by atoms with E-state index in [0.29, 0.717) is 17.8 Å². The van der Waals surface area contributed by atoms with Gasteiger partial charge in [-0.2, -0.15) is 0 Å². The maximum atomic E-state index is 10.9. The van der Waals surface area contributed by atoms with Crippen molar-refractivity contribution in [2.24, 2.45) is 0 Å². The molecule has 0 aliphatic heterocycles. The standard InChI is InChI=1S/C23H17N3O2/c27-23-19(14-18-12-7-13-28-18)25-22-21(17-10-5-2-6-11-17)24-20(15-26(22)23)16-8-3-1-4-9-16/h1-13,15,27H,14H2. The maximum absolute atomic E-state index is 10.9. The van der Waals surface area contributed by atoms with Crippen LogP contribution in [0.5, 0.6) is 5.88 Å². The molecule has 2 aromatic carbocycles. The van der Waals surface area contributed by atoms with E-state index in [1.54, 1.807) is 10.7 Å². The van der Waals surface area contributed by atoms with Crippen LogP contribution in [0.25, 0.3) is 28.2 Å². The van der Waals surface area contributed by atoms with Gasteiger partial charge >= 0.3 is 0 Å². The number of imidazole rings is 1. The smallest absolute Gasteiger partial charge is 0.219 e. The fourth-order valence-electron chi connectivity index (χ4n) is 3.32.